The van der Waals surface area contributed by atoms with Crippen molar-refractivity contribution >= 4 is 0 Å². The molecule has 2 unspecified atom stereocenters. The molecule has 2 aliphatic rings. The summed E-state index contributed by atoms with van der Waals surface area (Å²) in [5, 5.41) is 16.2. The zero-order valence-electron chi connectivity index (χ0n) is 13.7. The molecule has 0 bridgehead atoms. The summed E-state index contributed by atoms with van der Waals surface area (Å²) in [6.45, 7) is 3.55. The molecule has 0 radical (unpaired) electrons. The SMILES string of the molecule is C1=CCC2(CC1)OCCC2Cc1ccccc1.CC(C)(O)O. The average Bonchev–Trinajstić information content (AvgIpc) is 2.81. The molecular formula is C19H28O3. The molecule has 1 spiro atoms. The Bertz CT molecular complexity index is 469. The van der Waals surface area contributed by atoms with Crippen LogP contribution >= 0.6 is 0 Å². The van der Waals surface area contributed by atoms with Gasteiger partial charge in [-0.1, -0.05) is 42.5 Å². The molecule has 0 amide bonds. The first-order valence-electron chi connectivity index (χ1n) is 8.17. The molecule has 0 saturated carbocycles. The van der Waals surface area contributed by atoms with E-state index in [9.17, 15) is 0 Å². The lowest BCUT2D eigenvalue weighted by Crippen LogP contribution is -2.37. The highest BCUT2D eigenvalue weighted by molar-refractivity contribution is 5.17. The molecule has 3 rings (SSSR count). The Balaban J connectivity index is 0.000000309. The second-order valence-electron chi connectivity index (χ2n) is 6.80. The summed E-state index contributed by atoms with van der Waals surface area (Å²) < 4.78 is 6.11. The van der Waals surface area contributed by atoms with Gasteiger partial charge in [0.05, 0.1) is 5.60 Å². The van der Waals surface area contributed by atoms with Crippen molar-refractivity contribution in [2.75, 3.05) is 6.61 Å². The normalized spacial score (nSPS) is 27.5. The van der Waals surface area contributed by atoms with Crippen LogP contribution in [-0.2, 0) is 11.2 Å². The molecule has 1 aromatic rings. The molecule has 2 atom stereocenters. The molecule has 3 heteroatoms. The fourth-order valence-corrected chi connectivity index (χ4v) is 3.30. The molecule has 0 aromatic heterocycles. The Hall–Kier alpha value is -1.16. The van der Waals surface area contributed by atoms with E-state index in [-0.39, 0.29) is 5.60 Å². The minimum Gasteiger partial charge on any atom is -0.374 e. The van der Waals surface area contributed by atoms with Crippen molar-refractivity contribution in [3.63, 3.8) is 0 Å². The van der Waals surface area contributed by atoms with Crippen molar-refractivity contribution < 1.29 is 14.9 Å². The smallest absolute Gasteiger partial charge is 0.156 e. The van der Waals surface area contributed by atoms with Crippen molar-refractivity contribution in [1.29, 1.82) is 0 Å². The maximum atomic E-state index is 8.08. The molecular weight excluding hydrogens is 276 g/mol. The van der Waals surface area contributed by atoms with E-state index in [2.05, 4.69) is 42.5 Å². The van der Waals surface area contributed by atoms with Gasteiger partial charge in [0.15, 0.2) is 5.79 Å². The standard InChI is InChI=1S/C16H20O.C3H8O2/c1-3-7-14(8-4-1)13-15-9-12-17-16(15)10-5-2-6-11-16;1-3(2,4)5/h1-5,7-8,15H,6,9-13H2;4-5H,1-2H3. The Morgan fingerprint density at radius 2 is 1.86 bits per heavy atom. The summed E-state index contributed by atoms with van der Waals surface area (Å²) in [5.41, 5.74) is 1.61. The van der Waals surface area contributed by atoms with E-state index >= 15 is 0 Å². The second-order valence-corrected chi connectivity index (χ2v) is 6.80. The predicted molar refractivity (Wildman–Crippen MR) is 88.4 cm³/mol. The highest BCUT2D eigenvalue weighted by Crippen LogP contribution is 2.42. The number of hydrogen-bond acceptors (Lipinski definition) is 3. The fourth-order valence-electron chi connectivity index (χ4n) is 3.30. The number of allylic oxidation sites excluding steroid dienone is 1. The zero-order valence-corrected chi connectivity index (χ0v) is 13.7. The summed E-state index contributed by atoms with van der Waals surface area (Å²) in [6, 6.07) is 10.8. The first-order chi connectivity index (χ1) is 10.4. The van der Waals surface area contributed by atoms with Gasteiger partial charge < -0.3 is 14.9 Å². The highest BCUT2D eigenvalue weighted by atomic mass is 16.5. The van der Waals surface area contributed by atoms with Gasteiger partial charge in [-0.25, -0.2) is 0 Å². The molecule has 1 aliphatic heterocycles. The van der Waals surface area contributed by atoms with E-state index in [0.717, 1.165) is 13.0 Å². The van der Waals surface area contributed by atoms with Gasteiger partial charge in [-0.3, -0.25) is 0 Å². The lowest BCUT2D eigenvalue weighted by atomic mass is 9.76. The molecule has 122 valence electrons. The lowest BCUT2D eigenvalue weighted by Gasteiger charge is -2.35. The van der Waals surface area contributed by atoms with Crippen molar-refractivity contribution in [3.8, 4) is 0 Å². The Kier molecular flexibility index (Phi) is 5.79. The van der Waals surface area contributed by atoms with Crippen LogP contribution < -0.4 is 0 Å². The van der Waals surface area contributed by atoms with Crippen molar-refractivity contribution in [3.05, 3.63) is 48.0 Å². The molecule has 1 aromatic carbocycles. The number of ether oxygens (including phenoxy) is 1. The number of aliphatic hydroxyl groups is 2. The minimum atomic E-state index is -1.50. The van der Waals surface area contributed by atoms with Crippen LogP contribution in [0, 0.1) is 5.92 Å². The summed E-state index contributed by atoms with van der Waals surface area (Å²) in [4.78, 5) is 0. The minimum absolute atomic E-state index is 0.157. The number of hydrogen-bond donors (Lipinski definition) is 2. The van der Waals surface area contributed by atoms with E-state index in [1.165, 1.54) is 45.1 Å². The van der Waals surface area contributed by atoms with Crippen molar-refractivity contribution in [2.24, 2.45) is 5.92 Å². The third-order valence-electron chi connectivity index (χ3n) is 4.29. The number of rotatable bonds is 2. The first-order valence-corrected chi connectivity index (χ1v) is 8.17. The van der Waals surface area contributed by atoms with Gasteiger partial charge in [0.25, 0.3) is 0 Å². The zero-order chi connectivity index (χ0) is 16.1. The molecule has 1 heterocycles. The van der Waals surface area contributed by atoms with Crippen LogP contribution in [0.1, 0.15) is 45.1 Å². The van der Waals surface area contributed by atoms with Gasteiger partial charge in [-0.2, -0.15) is 0 Å². The molecule has 1 aliphatic carbocycles. The predicted octanol–water partition coefficient (Wildman–Crippen LogP) is 3.45. The van der Waals surface area contributed by atoms with Crippen LogP contribution in [0.15, 0.2) is 42.5 Å². The first kappa shape index (κ1) is 17.2. The fraction of sp³-hybridized carbons (Fsp3) is 0.579. The second kappa shape index (κ2) is 7.40. The molecule has 22 heavy (non-hydrogen) atoms. The largest absolute Gasteiger partial charge is 0.374 e. The monoisotopic (exact) mass is 304 g/mol. The van der Waals surface area contributed by atoms with Crippen LogP contribution in [0.4, 0.5) is 0 Å². The summed E-state index contributed by atoms with van der Waals surface area (Å²) in [6.07, 6.45) is 10.5. The van der Waals surface area contributed by atoms with Gasteiger partial charge in [-0.05, 0) is 57.4 Å². The van der Waals surface area contributed by atoms with Crippen LogP contribution in [0.25, 0.3) is 0 Å². The van der Waals surface area contributed by atoms with Gasteiger partial charge in [0.2, 0.25) is 0 Å². The summed E-state index contributed by atoms with van der Waals surface area (Å²) in [5.74, 6) is -0.796. The third kappa shape index (κ3) is 5.24. The van der Waals surface area contributed by atoms with Gasteiger partial charge in [0.1, 0.15) is 0 Å². The summed E-state index contributed by atoms with van der Waals surface area (Å²) in [7, 11) is 0. The van der Waals surface area contributed by atoms with Crippen LogP contribution in [0.3, 0.4) is 0 Å². The van der Waals surface area contributed by atoms with E-state index in [1.807, 2.05) is 0 Å². The highest BCUT2D eigenvalue weighted by Gasteiger charge is 2.43. The van der Waals surface area contributed by atoms with E-state index < -0.39 is 5.79 Å². The van der Waals surface area contributed by atoms with E-state index in [1.54, 1.807) is 0 Å². The van der Waals surface area contributed by atoms with E-state index in [4.69, 9.17) is 14.9 Å². The van der Waals surface area contributed by atoms with Crippen LogP contribution in [0.5, 0.6) is 0 Å². The Morgan fingerprint density at radius 1 is 1.18 bits per heavy atom. The maximum Gasteiger partial charge on any atom is 0.156 e. The molecule has 3 nitrogen and oxygen atoms in total. The quantitative estimate of drug-likeness (QED) is 0.650. The van der Waals surface area contributed by atoms with Gasteiger partial charge >= 0.3 is 0 Å². The van der Waals surface area contributed by atoms with Gasteiger partial charge in [0, 0.05) is 6.61 Å². The summed E-state index contributed by atoms with van der Waals surface area (Å²) >= 11 is 0. The van der Waals surface area contributed by atoms with Crippen LogP contribution in [-0.4, -0.2) is 28.2 Å². The van der Waals surface area contributed by atoms with Crippen molar-refractivity contribution in [2.45, 2.75) is 57.3 Å². The third-order valence-corrected chi connectivity index (χ3v) is 4.29. The lowest BCUT2D eigenvalue weighted by molar-refractivity contribution is -0.127. The topological polar surface area (TPSA) is 49.7 Å². The van der Waals surface area contributed by atoms with Gasteiger partial charge in [-0.15, -0.1) is 0 Å². The van der Waals surface area contributed by atoms with E-state index in [0.29, 0.717) is 5.92 Å². The van der Waals surface area contributed by atoms with Crippen LogP contribution in [0.2, 0.25) is 0 Å². The Labute approximate surface area is 133 Å². The average molecular weight is 304 g/mol. The maximum absolute atomic E-state index is 8.08. The molecule has 1 fully saturated rings. The molecule has 1 saturated heterocycles. The number of benzene rings is 1. The van der Waals surface area contributed by atoms with Crippen molar-refractivity contribution in [1.82, 2.24) is 0 Å². The Morgan fingerprint density at radius 3 is 2.45 bits per heavy atom. The molecule has 2 N–H and O–H groups in total.